The first kappa shape index (κ1) is 7.88. The number of alkyl halides is 2. The predicted octanol–water partition coefficient (Wildman–Crippen LogP) is 0.617. The van der Waals surface area contributed by atoms with Crippen LogP contribution < -0.4 is 5.73 Å². The zero-order valence-corrected chi connectivity index (χ0v) is 5.65. The van der Waals surface area contributed by atoms with Crippen molar-refractivity contribution in [1.29, 1.82) is 0 Å². The van der Waals surface area contributed by atoms with Crippen LogP contribution in [0.5, 0.6) is 0 Å². The summed E-state index contributed by atoms with van der Waals surface area (Å²) in [5.41, 5.74) is 5.14. The molecule has 60 valence electrons. The Morgan fingerprint density at radius 3 is 2.70 bits per heavy atom. The lowest BCUT2D eigenvalue weighted by Gasteiger charge is -2.29. The lowest BCUT2D eigenvalue weighted by atomic mass is 9.97. The fourth-order valence-corrected chi connectivity index (χ4v) is 1.05. The quantitative estimate of drug-likeness (QED) is 0.596. The third-order valence-electron chi connectivity index (χ3n) is 1.79. The van der Waals surface area contributed by atoms with Crippen molar-refractivity contribution in [1.82, 2.24) is 0 Å². The molecule has 2 nitrogen and oxygen atoms in total. The molecule has 1 heterocycles. The highest BCUT2D eigenvalue weighted by molar-refractivity contribution is 4.80. The van der Waals surface area contributed by atoms with Gasteiger partial charge < -0.3 is 10.5 Å². The van der Waals surface area contributed by atoms with Gasteiger partial charge in [0.05, 0.1) is 0 Å². The highest BCUT2D eigenvalue weighted by atomic mass is 19.3. The maximum Gasteiger partial charge on any atom is 0.275 e. The summed E-state index contributed by atoms with van der Waals surface area (Å²) in [4.78, 5) is 0. The van der Waals surface area contributed by atoms with Crippen molar-refractivity contribution in [2.45, 2.75) is 12.3 Å². The fraction of sp³-hybridized carbons (Fsp3) is 1.00. The van der Waals surface area contributed by atoms with Crippen molar-refractivity contribution in [3.63, 3.8) is 0 Å². The van der Waals surface area contributed by atoms with Crippen LogP contribution in [0.4, 0.5) is 8.78 Å². The summed E-state index contributed by atoms with van der Waals surface area (Å²) in [6, 6.07) is 0. The second-order valence-electron chi connectivity index (χ2n) is 2.53. The zero-order valence-electron chi connectivity index (χ0n) is 5.65. The predicted molar refractivity (Wildman–Crippen MR) is 32.9 cm³/mol. The van der Waals surface area contributed by atoms with E-state index in [1.807, 2.05) is 0 Å². The molecule has 1 saturated heterocycles. The van der Waals surface area contributed by atoms with Crippen LogP contribution in [-0.4, -0.2) is 25.7 Å². The van der Waals surface area contributed by atoms with Gasteiger partial charge in [-0.25, -0.2) is 8.78 Å². The monoisotopic (exact) mass is 151 g/mol. The Morgan fingerprint density at radius 1 is 1.60 bits per heavy atom. The number of hydrogen-bond donors (Lipinski definition) is 1. The molecule has 0 aromatic carbocycles. The highest BCUT2D eigenvalue weighted by Gasteiger charge is 2.41. The number of ether oxygens (including phenoxy) is 1. The van der Waals surface area contributed by atoms with Crippen molar-refractivity contribution in [3.8, 4) is 0 Å². The summed E-state index contributed by atoms with van der Waals surface area (Å²) in [5.74, 6) is -3.38. The molecule has 0 aromatic rings. The van der Waals surface area contributed by atoms with Crippen LogP contribution >= 0.6 is 0 Å². The van der Waals surface area contributed by atoms with Crippen molar-refractivity contribution < 1.29 is 13.5 Å². The molecule has 1 aliphatic heterocycles. The standard InChI is InChI=1S/C6H11F2NO/c7-6(8)4-10-2-1-5(6)3-9/h5H,1-4,9H2. The van der Waals surface area contributed by atoms with Crippen LogP contribution in [0, 0.1) is 5.92 Å². The SMILES string of the molecule is NCC1CCOCC1(F)F. The topological polar surface area (TPSA) is 35.2 Å². The summed E-state index contributed by atoms with van der Waals surface area (Å²) in [6.07, 6.45) is 0.378. The number of rotatable bonds is 1. The molecule has 0 spiro atoms. The van der Waals surface area contributed by atoms with Gasteiger partial charge in [-0.05, 0) is 6.42 Å². The molecular weight excluding hydrogens is 140 g/mol. The molecule has 1 rings (SSSR count). The molecule has 0 bridgehead atoms. The minimum atomic E-state index is -2.70. The Kier molecular flexibility index (Phi) is 2.21. The van der Waals surface area contributed by atoms with Gasteiger partial charge in [-0.15, -0.1) is 0 Å². The average molecular weight is 151 g/mol. The van der Waals surface area contributed by atoms with Crippen LogP contribution in [0.3, 0.4) is 0 Å². The lowest BCUT2D eigenvalue weighted by molar-refractivity contribution is -0.151. The van der Waals surface area contributed by atoms with Gasteiger partial charge >= 0.3 is 0 Å². The van der Waals surface area contributed by atoms with Crippen molar-refractivity contribution >= 4 is 0 Å². The summed E-state index contributed by atoms with van der Waals surface area (Å²) in [5, 5.41) is 0. The second kappa shape index (κ2) is 2.80. The second-order valence-corrected chi connectivity index (χ2v) is 2.53. The van der Waals surface area contributed by atoms with Gasteiger partial charge in [0.15, 0.2) is 0 Å². The smallest absolute Gasteiger partial charge is 0.275 e. The summed E-state index contributed by atoms with van der Waals surface area (Å²) < 4.78 is 29.9. The third-order valence-corrected chi connectivity index (χ3v) is 1.79. The molecule has 0 aliphatic carbocycles. The van der Waals surface area contributed by atoms with E-state index >= 15 is 0 Å². The van der Waals surface area contributed by atoms with E-state index in [9.17, 15) is 8.78 Å². The fourth-order valence-electron chi connectivity index (χ4n) is 1.05. The molecule has 0 aromatic heterocycles. The Balaban J connectivity index is 2.51. The molecule has 0 saturated carbocycles. The van der Waals surface area contributed by atoms with Gasteiger partial charge in [0, 0.05) is 19.1 Å². The number of hydrogen-bond acceptors (Lipinski definition) is 2. The molecule has 1 aliphatic rings. The van der Waals surface area contributed by atoms with Crippen LogP contribution in [-0.2, 0) is 4.74 Å². The molecule has 10 heavy (non-hydrogen) atoms. The van der Waals surface area contributed by atoms with Gasteiger partial charge in [-0.2, -0.15) is 0 Å². The summed E-state index contributed by atoms with van der Waals surface area (Å²) in [6.45, 7) is 0.00266. The molecule has 1 atom stereocenters. The minimum Gasteiger partial charge on any atom is -0.375 e. The Morgan fingerprint density at radius 2 is 2.30 bits per heavy atom. The van der Waals surface area contributed by atoms with Gasteiger partial charge in [0.25, 0.3) is 5.92 Å². The molecule has 4 heteroatoms. The van der Waals surface area contributed by atoms with E-state index in [2.05, 4.69) is 4.74 Å². The lowest BCUT2D eigenvalue weighted by Crippen LogP contribution is -2.42. The van der Waals surface area contributed by atoms with Gasteiger partial charge in [0.2, 0.25) is 0 Å². The number of halogens is 2. The Hall–Kier alpha value is -0.220. The molecule has 0 radical (unpaired) electrons. The third kappa shape index (κ3) is 1.44. The largest absolute Gasteiger partial charge is 0.375 e. The van der Waals surface area contributed by atoms with E-state index in [0.717, 1.165) is 0 Å². The summed E-state index contributed by atoms with van der Waals surface area (Å²) >= 11 is 0. The number of nitrogens with two attached hydrogens (primary N) is 1. The molecule has 0 amide bonds. The first-order chi connectivity index (χ1) is 4.67. The van der Waals surface area contributed by atoms with Crippen LogP contribution in [0.2, 0.25) is 0 Å². The van der Waals surface area contributed by atoms with Gasteiger partial charge in [-0.3, -0.25) is 0 Å². The maximum atomic E-state index is 12.7. The van der Waals surface area contributed by atoms with E-state index in [0.29, 0.717) is 13.0 Å². The van der Waals surface area contributed by atoms with Crippen LogP contribution in [0.15, 0.2) is 0 Å². The maximum absolute atomic E-state index is 12.7. The van der Waals surface area contributed by atoms with E-state index in [1.54, 1.807) is 0 Å². The Bertz CT molecular complexity index is 118. The van der Waals surface area contributed by atoms with E-state index < -0.39 is 18.4 Å². The first-order valence-electron chi connectivity index (χ1n) is 3.32. The molecular formula is C6H11F2NO. The van der Waals surface area contributed by atoms with Crippen LogP contribution in [0.1, 0.15) is 6.42 Å². The van der Waals surface area contributed by atoms with Crippen molar-refractivity contribution in [3.05, 3.63) is 0 Å². The zero-order chi connectivity index (χ0) is 7.61. The van der Waals surface area contributed by atoms with E-state index in [-0.39, 0.29) is 6.54 Å². The van der Waals surface area contributed by atoms with Crippen LogP contribution in [0.25, 0.3) is 0 Å². The highest BCUT2D eigenvalue weighted by Crippen LogP contribution is 2.30. The van der Waals surface area contributed by atoms with Crippen molar-refractivity contribution in [2.75, 3.05) is 19.8 Å². The molecule has 1 fully saturated rings. The Labute approximate surface area is 58.3 Å². The normalized spacial score (nSPS) is 32.1. The van der Waals surface area contributed by atoms with E-state index in [1.165, 1.54) is 0 Å². The van der Waals surface area contributed by atoms with E-state index in [4.69, 9.17) is 5.73 Å². The minimum absolute atomic E-state index is 0.0519. The molecule has 1 unspecified atom stereocenters. The van der Waals surface area contributed by atoms with Gasteiger partial charge in [0.1, 0.15) is 6.61 Å². The van der Waals surface area contributed by atoms with Gasteiger partial charge in [-0.1, -0.05) is 0 Å². The average Bonchev–Trinajstić information content (AvgIpc) is 1.87. The summed E-state index contributed by atoms with van der Waals surface area (Å²) in [7, 11) is 0. The molecule has 2 N–H and O–H groups in total. The first-order valence-corrected chi connectivity index (χ1v) is 3.32. The van der Waals surface area contributed by atoms with Crippen molar-refractivity contribution in [2.24, 2.45) is 11.7 Å².